The first-order chi connectivity index (χ1) is 11.2. The third-order valence-electron chi connectivity index (χ3n) is 4.07. The second-order valence-electron chi connectivity index (χ2n) is 5.53. The minimum Gasteiger partial charge on any atom is -0.495 e. The third kappa shape index (κ3) is 3.59. The molecule has 0 saturated heterocycles. The van der Waals surface area contributed by atoms with E-state index in [0.29, 0.717) is 17.3 Å². The molecule has 1 heterocycles. The highest BCUT2D eigenvalue weighted by Gasteiger charge is 2.20. The largest absolute Gasteiger partial charge is 0.495 e. The number of nitrogens with zero attached hydrogens (tertiary/aromatic N) is 1. The SMILES string of the molecule is COc1ccc(Cl)cc1NCC(=O)N1CCc2ccccc2C1. The molecule has 3 rings (SSSR count). The van der Waals surface area contributed by atoms with Gasteiger partial charge in [-0.2, -0.15) is 0 Å². The van der Waals surface area contributed by atoms with E-state index in [-0.39, 0.29) is 12.5 Å². The van der Waals surface area contributed by atoms with Gasteiger partial charge in [0.25, 0.3) is 0 Å². The van der Waals surface area contributed by atoms with Crippen LogP contribution >= 0.6 is 11.6 Å². The Labute approximate surface area is 141 Å². The van der Waals surface area contributed by atoms with Gasteiger partial charge in [0, 0.05) is 18.1 Å². The van der Waals surface area contributed by atoms with Gasteiger partial charge in [-0.05, 0) is 35.7 Å². The Balaban J connectivity index is 1.64. The second-order valence-corrected chi connectivity index (χ2v) is 5.97. The van der Waals surface area contributed by atoms with Gasteiger partial charge in [-0.1, -0.05) is 35.9 Å². The number of benzene rings is 2. The maximum atomic E-state index is 12.5. The number of carbonyl (C=O) groups is 1. The predicted octanol–water partition coefficient (Wildman–Crippen LogP) is 3.35. The third-order valence-corrected chi connectivity index (χ3v) is 4.31. The fourth-order valence-electron chi connectivity index (χ4n) is 2.81. The van der Waals surface area contributed by atoms with Crippen molar-refractivity contribution in [3.05, 3.63) is 58.6 Å². The lowest BCUT2D eigenvalue weighted by atomic mass is 10.00. The van der Waals surface area contributed by atoms with Crippen molar-refractivity contribution >= 4 is 23.2 Å². The molecule has 1 aliphatic heterocycles. The molecule has 0 unspecified atom stereocenters. The molecule has 0 fully saturated rings. The van der Waals surface area contributed by atoms with Gasteiger partial charge in [0.1, 0.15) is 5.75 Å². The molecule has 0 bridgehead atoms. The zero-order chi connectivity index (χ0) is 16.2. The van der Waals surface area contributed by atoms with E-state index in [2.05, 4.69) is 17.4 Å². The van der Waals surface area contributed by atoms with Crippen LogP contribution in [0.3, 0.4) is 0 Å². The molecule has 120 valence electrons. The number of anilines is 1. The molecule has 0 aliphatic carbocycles. The van der Waals surface area contributed by atoms with Gasteiger partial charge >= 0.3 is 0 Å². The number of amides is 1. The molecule has 0 atom stereocenters. The van der Waals surface area contributed by atoms with Gasteiger partial charge in [0.2, 0.25) is 5.91 Å². The lowest BCUT2D eigenvalue weighted by molar-refractivity contribution is -0.130. The number of fused-ring (bicyclic) bond motifs is 1. The van der Waals surface area contributed by atoms with Crippen LogP contribution in [0.2, 0.25) is 5.02 Å². The van der Waals surface area contributed by atoms with E-state index in [0.717, 1.165) is 18.7 Å². The Morgan fingerprint density at radius 3 is 2.83 bits per heavy atom. The molecule has 0 radical (unpaired) electrons. The van der Waals surface area contributed by atoms with Crippen LogP contribution in [0, 0.1) is 0 Å². The first-order valence-corrected chi connectivity index (χ1v) is 7.97. The van der Waals surface area contributed by atoms with Crippen molar-refractivity contribution in [1.29, 1.82) is 0 Å². The van der Waals surface area contributed by atoms with Gasteiger partial charge in [0.15, 0.2) is 0 Å². The summed E-state index contributed by atoms with van der Waals surface area (Å²) in [4.78, 5) is 14.3. The summed E-state index contributed by atoms with van der Waals surface area (Å²) in [5.74, 6) is 0.743. The molecule has 0 aromatic heterocycles. The first kappa shape index (κ1) is 15.7. The number of carbonyl (C=O) groups excluding carboxylic acids is 1. The zero-order valence-corrected chi connectivity index (χ0v) is 13.8. The van der Waals surface area contributed by atoms with Crippen molar-refractivity contribution in [2.45, 2.75) is 13.0 Å². The molecule has 0 spiro atoms. The van der Waals surface area contributed by atoms with Gasteiger partial charge < -0.3 is 15.0 Å². The molecule has 1 amide bonds. The number of halogens is 1. The monoisotopic (exact) mass is 330 g/mol. The van der Waals surface area contributed by atoms with Crippen LogP contribution in [0.5, 0.6) is 5.75 Å². The molecule has 2 aromatic rings. The standard InChI is InChI=1S/C18H19ClN2O2/c1-23-17-7-6-15(19)10-16(17)20-11-18(22)21-9-8-13-4-2-3-5-14(13)12-21/h2-7,10,20H,8-9,11-12H2,1H3. The molecular weight excluding hydrogens is 312 g/mol. The van der Waals surface area contributed by atoms with Gasteiger partial charge in [0.05, 0.1) is 19.3 Å². The number of rotatable bonds is 4. The molecule has 1 aliphatic rings. The van der Waals surface area contributed by atoms with Crippen molar-refractivity contribution < 1.29 is 9.53 Å². The lowest BCUT2D eigenvalue weighted by Crippen LogP contribution is -2.39. The van der Waals surface area contributed by atoms with Gasteiger partial charge in [-0.3, -0.25) is 4.79 Å². The number of hydrogen-bond donors (Lipinski definition) is 1. The fraction of sp³-hybridized carbons (Fsp3) is 0.278. The smallest absolute Gasteiger partial charge is 0.242 e. The highest BCUT2D eigenvalue weighted by atomic mass is 35.5. The highest BCUT2D eigenvalue weighted by molar-refractivity contribution is 6.30. The van der Waals surface area contributed by atoms with Crippen LogP contribution in [0.4, 0.5) is 5.69 Å². The van der Waals surface area contributed by atoms with Crippen LogP contribution in [0.15, 0.2) is 42.5 Å². The maximum Gasteiger partial charge on any atom is 0.242 e. The highest BCUT2D eigenvalue weighted by Crippen LogP contribution is 2.27. The second kappa shape index (κ2) is 6.92. The van der Waals surface area contributed by atoms with Crippen molar-refractivity contribution in [3.8, 4) is 5.75 Å². The van der Waals surface area contributed by atoms with Crippen LogP contribution in [0.25, 0.3) is 0 Å². The van der Waals surface area contributed by atoms with E-state index < -0.39 is 0 Å². The summed E-state index contributed by atoms with van der Waals surface area (Å²) in [6.45, 7) is 1.65. The number of nitrogens with one attached hydrogen (secondary N) is 1. The van der Waals surface area contributed by atoms with Gasteiger partial charge in [-0.15, -0.1) is 0 Å². The number of ether oxygens (including phenoxy) is 1. The van der Waals surface area contributed by atoms with Crippen LogP contribution in [-0.2, 0) is 17.8 Å². The quantitative estimate of drug-likeness (QED) is 0.934. The summed E-state index contributed by atoms with van der Waals surface area (Å²) in [5, 5.41) is 3.73. The van der Waals surface area contributed by atoms with Crippen molar-refractivity contribution in [2.75, 3.05) is 25.5 Å². The molecule has 0 saturated carbocycles. The lowest BCUT2D eigenvalue weighted by Gasteiger charge is -2.29. The molecular formula is C18H19ClN2O2. The minimum absolute atomic E-state index is 0.0709. The predicted molar refractivity (Wildman–Crippen MR) is 92.1 cm³/mol. The van der Waals surface area contributed by atoms with E-state index in [1.54, 1.807) is 25.3 Å². The Morgan fingerprint density at radius 1 is 1.26 bits per heavy atom. The first-order valence-electron chi connectivity index (χ1n) is 7.59. The van der Waals surface area contributed by atoms with Crippen LogP contribution < -0.4 is 10.1 Å². The fourth-order valence-corrected chi connectivity index (χ4v) is 2.98. The number of hydrogen-bond acceptors (Lipinski definition) is 3. The van der Waals surface area contributed by atoms with E-state index in [4.69, 9.17) is 16.3 Å². The van der Waals surface area contributed by atoms with Crippen molar-refractivity contribution in [1.82, 2.24) is 4.90 Å². The number of methoxy groups -OCH3 is 1. The Morgan fingerprint density at radius 2 is 2.04 bits per heavy atom. The summed E-state index contributed by atoms with van der Waals surface area (Å²) in [5.41, 5.74) is 3.29. The van der Waals surface area contributed by atoms with E-state index in [1.165, 1.54) is 11.1 Å². The molecule has 1 N–H and O–H groups in total. The Kier molecular flexibility index (Phi) is 4.72. The van der Waals surface area contributed by atoms with E-state index in [9.17, 15) is 4.79 Å². The summed E-state index contributed by atoms with van der Waals surface area (Å²) in [6, 6.07) is 13.6. The van der Waals surface area contributed by atoms with Gasteiger partial charge in [-0.25, -0.2) is 0 Å². The van der Waals surface area contributed by atoms with Crippen LogP contribution in [-0.4, -0.2) is 31.0 Å². The molecule has 5 heteroatoms. The average molecular weight is 331 g/mol. The molecule has 23 heavy (non-hydrogen) atoms. The maximum absolute atomic E-state index is 12.5. The van der Waals surface area contributed by atoms with Crippen molar-refractivity contribution in [3.63, 3.8) is 0 Å². The summed E-state index contributed by atoms with van der Waals surface area (Å²) >= 11 is 6.00. The van der Waals surface area contributed by atoms with E-state index >= 15 is 0 Å². The normalized spacial score (nSPS) is 13.4. The topological polar surface area (TPSA) is 41.6 Å². The Hall–Kier alpha value is -2.20. The minimum atomic E-state index is 0.0709. The zero-order valence-electron chi connectivity index (χ0n) is 13.0. The molecule has 2 aromatic carbocycles. The Bertz CT molecular complexity index is 718. The average Bonchev–Trinajstić information content (AvgIpc) is 2.59. The summed E-state index contributed by atoms with van der Waals surface area (Å²) in [6.07, 6.45) is 0.905. The summed E-state index contributed by atoms with van der Waals surface area (Å²) in [7, 11) is 1.60. The van der Waals surface area contributed by atoms with Crippen LogP contribution in [0.1, 0.15) is 11.1 Å². The van der Waals surface area contributed by atoms with E-state index in [1.807, 2.05) is 17.0 Å². The molecule has 4 nitrogen and oxygen atoms in total. The summed E-state index contributed by atoms with van der Waals surface area (Å²) < 4.78 is 5.28. The van der Waals surface area contributed by atoms with Crippen molar-refractivity contribution in [2.24, 2.45) is 0 Å².